The zero-order valence-corrected chi connectivity index (χ0v) is 9.72. The van der Waals surface area contributed by atoms with Crippen molar-refractivity contribution in [3.8, 4) is 0 Å². The van der Waals surface area contributed by atoms with E-state index in [0.717, 1.165) is 12.1 Å². The minimum Gasteiger partial charge on any atom is -0.459 e. The van der Waals surface area contributed by atoms with Crippen LogP contribution in [0.4, 0.5) is 13.2 Å². The molecule has 88 valence electrons. The molecule has 0 aliphatic carbocycles. The Bertz CT molecular complexity index is 406. The molecular formula is C9H7BrF3NO2. The van der Waals surface area contributed by atoms with Crippen molar-refractivity contribution in [2.45, 2.75) is 19.7 Å². The highest BCUT2D eigenvalue weighted by molar-refractivity contribution is 9.10. The largest absolute Gasteiger partial charge is 0.459 e. The number of pyridine rings is 1. The van der Waals surface area contributed by atoms with Crippen LogP contribution in [0.5, 0.6) is 0 Å². The summed E-state index contributed by atoms with van der Waals surface area (Å²) in [4.78, 5) is 14.3. The van der Waals surface area contributed by atoms with Crippen molar-refractivity contribution in [1.82, 2.24) is 4.98 Å². The second kappa shape index (κ2) is 4.82. The lowest BCUT2D eigenvalue weighted by Gasteiger charge is -2.09. The van der Waals surface area contributed by atoms with Gasteiger partial charge in [0.1, 0.15) is 11.2 Å². The topological polar surface area (TPSA) is 39.2 Å². The molecular weight excluding hydrogens is 291 g/mol. The molecule has 0 unspecified atom stereocenters. The molecule has 0 aliphatic heterocycles. The number of rotatable bonds is 2. The van der Waals surface area contributed by atoms with Crippen LogP contribution in [-0.4, -0.2) is 11.0 Å². The molecule has 0 aromatic carbocycles. The van der Waals surface area contributed by atoms with E-state index in [4.69, 9.17) is 0 Å². The number of halogens is 4. The van der Waals surface area contributed by atoms with Gasteiger partial charge in [0.2, 0.25) is 0 Å². The van der Waals surface area contributed by atoms with Crippen LogP contribution in [0, 0.1) is 0 Å². The molecule has 16 heavy (non-hydrogen) atoms. The molecule has 7 heteroatoms. The highest BCUT2D eigenvalue weighted by atomic mass is 79.9. The van der Waals surface area contributed by atoms with Crippen LogP contribution in [0.2, 0.25) is 0 Å². The average Bonchev–Trinajstić information content (AvgIpc) is 2.12. The molecule has 0 bridgehead atoms. The number of nitrogens with zero attached hydrogens (tertiary/aromatic N) is 1. The van der Waals surface area contributed by atoms with E-state index in [1.807, 2.05) is 0 Å². The van der Waals surface area contributed by atoms with Crippen molar-refractivity contribution >= 4 is 21.9 Å². The third-order valence-corrected chi connectivity index (χ3v) is 2.00. The van der Waals surface area contributed by atoms with Gasteiger partial charge in [0.25, 0.3) is 0 Å². The summed E-state index contributed by atoms with van der Waals surface area (Å²) in [7, 11) is 0. The molecule has 0 spiro atoms. The first-order valence-corrected chi connectivity index (χ1v) is 4.95. The standard InChI is InChI=1S/C9H7BrF3NO2/c1-5(15)16-4-7-2-6(9(11,12)13)3-8(10)14-7/h2-3H,4H2,1H3. The Morgan fingerprint density at radius 2 is 2.12 bits per heavy atom. The van der Waals surface area contributed by atoms with Crippen molar-refractivity contribution in [2.24, 2.45) is 0 Å². The second-order valence-corrected chi connectivity index (χ2v) is 3.76. The van der Waals surface area contributed by atoms with E-state index in [1.54, 1.807) is 0 Å². The Kier molecular flexibility index (Phi) is 3.90. The predicted molar refractivity (Wildman–Crippen MR) is 52.4 cm³/mol. The maximum Gasteiger partial charge on any atom is 0.416 e. The molecule has 1 rings (SSSR count). The predicted octanol–water partition coefficient (Wildman–Crippen LogP) is 2.93. The fraction of sp³-hybridized carbons (Fsp3) is 0.333. The summed E-state index contributed by atoms with van der Waals surface area (Å²) >= 11 is 2.86. The van der Waals surface area contributed by atoms with Crippen LogP contribution < -0.4 is 0 Å². The molecule has 0 saturated heterocycles. The molecule has 0 N–H and O–H groups in total. The van der Waals surface area contributed by atoms with Gasteiger partial charge in [-0.15, -0.1) is 0 Å². The van der Waals surface area contributed by atoms with Crippen molar-refractivity contribution in [1.29, 1.82) is 0 Å². The van der Waals surface area contributed by atoms with Gasteiger partial charge >= 0.3 is 12.1 Å². The summed E-state index contributed by atoms with van der Waals surface area (Å²) in [6.07, 6.45) is -4.45. The van der Waals surface area contributed by atoms with E-state index in [1.165, 1.54) is 6.92 Å². The van der Waals surface area contributed by atoms with Crippen molar-refractivity contribution in [3.05, 3.63) is 28.0 Å². The first kappa shape index (κ1) is 13.0. The monoisotopic (exact) mass is 297 g/mol. The Balaban J connectivity index is 2.94. The third kappa shape index (κ3) is 3.80. The number of aromatic nitrogens is 1. The Morgan fingerprint density at radius 3 is 2.62 bits per heavy atom. The smallest absolute Gasteiger partial charge is 0.416 e. The minimum absolute atomic E-state index is 0.0388. The van der Waals surface area contributed by atoms with Crippen LogP contribution in [-0.2, 0) is 22.3 Å². The summed E-state index contributed by atoms with van der Waals surface area (Å²) in [6.45, 7) is 0.889. The zero-order chi connectivity index (χ0) is 12.3. The highest BCUT2D eigenvalue weighted by Crippen LogP contribution is 2.31. The summed E-state index contributed by atoms with van der Waals surface area (Å²) in [6, 6.07) is 1.70. The normalized spacial score (nSPS) is 11.3. The molecule has 1 heterocycles. The summed E-state index contributed by atoms with van der Waals surface area (Å²) < 4.78 is 41.8. The molecule has 3 nitrogen and oxygen atoms in total. The fourth-order valence-electron chi connectivity index (χ4n) is 0.964. The number of hydrogen-bond acceptors (Lipinski definition) is 3. The molecule has 0 atom stereocenters. The van der Waals surface area contributed by atoms with E-state index in [0.29, 0.717) is 0 Å². The molecule has 1 aromatic heterocycles. The van der Waals surface area contributed by atoms with Crippen molar-refractivity contribution in [2.75, 3.05) is 0 Å². The van der Waals surface area contributed by atoms with Crippen LogP contribution >= 0.6 is 15.9 Å². The van der Waals surface area contributed by atoms with Gasteiger partial charge in [0.05, 0.1) is 11.3 Å². The van der Waals surface area contributed by atoms with Crippen LogP contribution in [0.1, 0.15) is 18.2 Å². The van der Waals surface area contributed by atoms with E-state index in [9.17, 15) is 18.0 Å². The van der Waals surface area contributed by atoms with Gasteiger partial charge in [-0.3, -0.25) is 4.79 Å². The van der Waals surface area contributed by atoms with Crippen molar-refractivity contribution < 1.29 is 22.7 Å². The number of carbonyl (C=O) groups is 1. The lowest BCUT2D eigenvalue weighted by atomic mass is 10.2. The minimum atomic E-state index is -4.45. The van der Waals surface area contributed by atoms with Gasteiger partial charge in [-0.2, -0.15) is 13.2 Å². The summed E-state index contributed by atoms with van der Waals surface area (Å²) in [5, 5.41) is 0. The number of ether oxygens (including phenoxy) is 1. The van der Waals surface area contributed by atoms with E-state index >= 15 is 0 Å². The highest BCUT2D eigenvalue weighted by Gasteiger charge is 2.31. The lowest BCUT2D eigenvalue weighted by molar-refractivity contribution is -0.142. The van der Waals surface area contributed by atoms with Crippen molar-refractivity contribution in [3.63, 3.8) is 0 Å². The number of carbonyl (C=O) groups excluding carboxylic acids is 1. The Hall–Kier alpha value is -1.11. The molecule has 0 fully saturated rings. The molecule has 0 aliphatic rings. The van der Waals surface area contributed by atoms with Gasteiger partial charge < -0.3 is 4.74 Å². The number of hydrogen-bond donors (Lipinski definition) is 0. The second-order valence-electron chi connectivity index (χ2n) is 2.95. The van der Waals surface area contributed by atoms with Gasteiger partial charge in [-0.25, -0.2) is 4.98 Å². The van der Waals surface area contributed by atoms with E-state index < -0.39 is 17.7 Å². The maximum atomic E-state index is 12.4. The molecule has 0 radical (unpaired) electrons. The first-order chi connectivity index (χ1) is 7.29. The quantitative estimate of drug-likeness (QED) is 0.622. The Labute approximate surface area is 97.8 Å². The van der Waals surface area contributed by atoms with Crippen LogP contribution in [0.3, 0.4) is 0 Å². The Morgan fingerprint density at radius 1 is 1.50 bits per heavy atom. The van der Waals surface area contributed by atoms with E-state index in [-0.39, 0.29) is 16.9 Å². The maximum absolute atomic E-state index is 12.4. The van der Waals surface area contributed by atoms with Crippen LogP contribution in [0.25, 0.3) is 0 Å². The third-order valence-electron chi connectivity index (χ3n) is 1.60. The van der Waals surface area contributed by atoms with Gasteiger partial charge in [0, 0.05) is 6.92 Å². The lowest BCUT2D eigenvalue weighted by Crippen LogP contribution is -2.08. The van der Waals surface area contributed by atoms with Gasteiger partial charge in [0.15, 0.2) is 0 Å². The molecule has 1 aromatic rings. The SMILES string of the molecule is CC(=O)OCc1cc(C(F)(F)F)cc(Br)n1. The van der Waals surface area contributed by atoms with Gasteiger partial charge in [-0.1, -0.05) is 0 Å². The first-order valence-electron chi connectivity index (χ1n) is 4.16. The molecule has 0 saturated carbocycles. The number of esters is 1. The zero-order valence-electron chi connectivity index (χ0n) is 8.14. The van der Waals surface area contributed by atoms with Gasteiger partial charge in [-0.05, 0) is 28.1 Å². The summed E-state index contributed by atoms with van der Waals surface area (Å²) in [5.74, 6) is -0.574. The number of alkyl halides is 3. The van der Waals surface area contributed by atoms with E-state index in [2.05, 4.69) is 25.7 Å². The average molecular weight is 298 g/mol. The summed E-state index contributed by atoms with van der Waals surface area (Å²) in [5.41, 5.74) is -0.798. The fourth-order valence-corrected chi connectivity index (χ4v) is 1.44. The van der Waals surface area contributed by atoms with Crippen LogP contribution in [0.15, 0.2) is 16.7 Å². The molecule has 0 amide bonds.